The first-order valence-corrected chi connectivity index (χ1v) is 5.39. The van der Waals surface area contributed by atoms with E-state index in [1.54, 1.807) is 24.3 Å². The molecule has 0 saturated carbocycles. The lowest BCUT2D eigenvalue weighted by atomic mass is 10.2. The standard InChI is InChI=1S/C8H9N3O2S/c1-11-8(10-9)6-4-2-3-5-7(6)14(11,12)13/h2-5H,9H2,1H3/b10-8-. The summed E-state index contributed by atoms with van der Waals surface area (Å²) in [6.45, 7) is 0. The number of rotatable bonds is 0. The first-order valence-electron chi connectivity index (χ1n) is 3.95. The molecule has 0 saturated heterocycles. The summed E-state index contributed by atoms with van der Waals surface area (Å²) in [4.78, 5) is 0.256. The van der Waals surface area contributed by atoms with Crippen molar-refractivity contribution in [3.05, 3.63) is 29.8 Å². The highest BCUT2D eigenvalue weighted by atomic mass is 32.2. The van der Waals surface area contributed by atoms with E-state index in [-0.39, 0.29) is 10.7 Å². The van der Waals surface area contributed by atoms with Crippen molar-refractivity contribution in [2.45, 2.75) is 4.90 Å². The normalized spacial score (nSPS) is 21.2. The maximum atomic E-state index is 11.7. The van der Waals surface area contributed by atoms with Crippen LogP contribution in [0.1, 0.15) is 5.56 Å². The number of hydrazone groups is 1. The summed E-state index contributed by atoms with van der Waals surface area (Å²) >= 11 is 0. The maximum absolute atomic E-state index is 11.7. The van der Waals surface area contributed by atoms with Gasteiger partial charge in [-0.25, -0.2) is 8.42 Å². The van der Waals surface area contributed by atoms with Gasteiger partial charge >= 0.3 is 0 Å². The number of amidine groups is 1. The third-order valence-electron chi connectivity index (χ3n) is 2.19. The monoisotopic (exact) mass is 211 g/mol. The van der Waals surface area contributed by atoms with Gasteiger partial charge in [0.1, 0.15) is 0 Å². The fourth-order valence-electron chi connectivity index (χ4n) is 1.46. The van der Waals surface area contributed by atoms with E-state index in [9.17, 15) is 8.42 Å². The van der Waals surface area contributed by atoms with Crippen LogP contribution < -0.4 is 5.84 Å². The van der Waals surface area contributed by atoms with Gasteiger partial charge in [0.25, 0.3) is 10.0 Å². The summed E-state index contributed by atoms with van der Waals surface area (Å²) < 4.78 is 24.6. The Morgan fingerprint density at radius 3 is 2.64 bits per heavy atom. The summed E-state index contributed by atoms with van der Waals surface area (Å²) in [5, 5.41) is 3.47. The van der Waals surface area contributed by atoms with Gasteiger partial charge < -0.3 is 5.84 Å². The Hall–Kier alpha value is -1.56. The molecule has 0 aromatic heterocycles. The van der Waals surface area contributed by atoms with Gasteiger partial charge in [0.2, 0.25) is 0 Å². The number of hydrogen-bond donors (Lipinski definition) is 1. The smallest absolute Gasteiger partial charge is 0.266 e. The van der Waals surface area contributed by atoms with Crippen LogP contribution in [0.4, 0.5) is 0 Å². The molecule has 0 fully saturated rings. The van der Waals surface area contributed by atoms with Crippen LogP contribution in [-0.2, 0) is 10.0 Å². The molecule has 2 rings (SSSR count). The molecule has 74 valence electrons. The molecule has 2 N–H and O–H groups in total. The topological polar surface area (TPSA) is 75.8 Å². The molecule has 1 heterocycles. The number of nitrogens with two attached hydrogens (primary N) is 1. The van der Waals surface area contributed by atoms with Gasteiger partial charge in [0.15, 0.2) is 5.84 Å². The Morgan fingerprint density at radius 1 is 1.36 bits per heavy atom. The van der Waals surface area contributed by atoms with Crippen LogP contribution >= 0.6 is 0 Å². The van der Waals surface area contributed by atoms with Crippen molar-refractivity contribution in [3.63, 3.8) is 0 Å². The van der Waals surface area contributed by atoms with Crippen LogP contribution in [0.5, 0.6) is 0 Å². The molecule has 0 atom stereocenters. The number of nitrogens with zero attached hydrogens (tertiary/aromatic N) is 2. The zero-order valence-corrected chi connectivity index (χ0v) is 8.32. The number of fused-ring (bicyclic) bond motifs is 1. The zero-order chi connectivity index (χ0) is 10.3. The van der Waals surface area contributed by atoms with Gasteiger partial charge in [-0.2, -0.15) is 5.10 Å². The second-order valence-electron chi connectivity index (χ2n) is 2.92. The molecule has 0 spiro atoms. The third kappa shape index (κ3) is 0.941. The molecule has 1 aromatic carbocycles. The summed E-state index contributed by atoms with van der Waals surface area (Å²) in [5.74, 6) is 5.42. The van der Waals surface area contributed by atoms with Gasteiger partial charge in [0, 0.05) is 12.6 Å². The molecule has 0 radical (unpaired) electrons. The van der Waals surface area contributed by atoms with Crippen LogP contribution in [0, 0.1) is 0 Å². The van der Waals surface area contributed by atoms with Crippen LogP contribution in [0.3, 0.4) is 0 Å². The average Bonchev–Trinajstić information content (AvgIpc) is 2.37. The van der Waals surface area contributed by atoms with Crippen LogP contribution in [-0.4, -0.2) is 25.6 Å². The Kier molecular flexibility index (Phi) is 1.75. The minimum atomic E-state index is -3.42. The van der Waals surface area contributed by atoms with Crippen LogP contribution in [0.2, 0.25) is 0 Å². The van der Waals surface area contributed by atoms with E-state index < -0.39 is 10.0 Å². The lowest BCUT2D eigenvalue weighted by Crippen LogP contribution is -2.26. The number of benzene rings is 1. The maximum Gasteiger partial charge on any atom is 0.266 e. The lowest BCUT2D eigenvalue weighted by Gasteiger charge is -2.08. The van der Waals surface area contributed by atoms with E-state index in [2.05, 4.69) is 5.10 Å². The molecule has 14 heavy (non-hydrogen) atoms. The van der Waals surface area contributed by atoms with Crippen molar-refractivity contribution in [1.29, 1.82) is 0 Å². The summed E-state index contributed by atoms with van der Waals surface area (Å²) in [7, 11) is -1.99. The number of hydrogen-bond acceptors (Lipinski definition) is 4. The van der Waals surface area contributed by atoms with Gasteiger partial charge in [-0.05, 0) is 12.1 Å². The molecule has 0 amide bonds. The summed E-state index contributed by atoms with van der Waals surface area (Å²) in [5.41, 5.74) is 0.553. The van der Waals surface area contributed by atoms with Crippen molar-refractivity contribution in [1.82, 2.24) is 4.31 Å². The Balaban J connectivity index is 2.82. The second-order valence-corrected chi connectivity index (χ2v) is 4.86. The van der Waals surface area contributed by atoms with Crippen molar-refractivity contribution < 1.29 is 8.42 Å². The van der Waals surface area contributed by atoms with E-state index in [0.29, 0.717) is 5.56 Å². The molecule has 1 aliphatic heterocycles. The zero-order valence-electron chi connectivity index (χ0n) is 7.51. The fraction of sp³-hybridized carbons (Fsp3) is 0.125. The Bertz CT molecular complexity index is 507. The fourth-order valence-corrected chi connectivity index (χ4v) is 2.81. The summed E-state index contributed by atoms with van der Waals surface area (Å²) in [6, 6.07) is 6.64. The van der Waals surface area contributed by atoms with Gasteiger partial charge in [-0.1, -0.05) is 12.1 Å². The van der Waals surface area contributed by atoms with Crippen molar-refractivity contribution >= 4 is 15.9 Å². The molecule has 0 bridgehead atoms. The molecular formula is C8H9N3O2S. The largest absolute Gasteiger partial charge is 0.321 e. The van der Waals surface area contributed by atoms with Crippen molar-refractivity contribution in [2.24, 2.45) is 10.9 Å². The second kappa shape index (κ2) is 2.71. The van der Waals surface area contributed by atoms with Crippen LogP contribution in [0.25, 0.3) is 0 Å². The van der Waals surface area contributed by atoms with E-state index >= 15 is 0 Å². The predicted octanol–water partition coefficient (Wildman–Crippen LogP) is -0.0590. The van der Waals surface area contributed by atoms with E-state index in [0.717, 1.165) is 4.31 Å². The van der Waals surface area contributed by atoms with Crippen molar-refractivity contribution in [2.75, 3.05) is 7.05 Å². The van der Waals surface area contributed by atoms with Gasteiger partial charge in [0.05, 0.1) is 4.90 Å². The van der Waals surface area contributed by atoms with Crippen LogP contribution in [0.15, 0.2) is 34.3 Å². The Labute approximate surface area is 81.9 Å². The molecule has 5 nitrogen and oxygen atoms in total. The lowest BCUT2D eigenvalue weighted by molar-refractivity contribution is 0.559. The minimum absolute atomic E-state index is 0.256. The SMILES string of the molecule is CN1/C(=N\N)c2ccccc2S1(=O)=O. The average molecular weight is 211 g/mol. The van der Waals surface area contributed by atoms with E-state index in [4.69, 9.17) is 5.84 Å². The predicted molar refractivity (Wildman–Crippen MR) is 52.1 cm³/mol. The summed E-state index contributed by atoms with van der Waals surface area (Å²) in [6.07, 6.45) is 0. The van der Waals surface area contributed by atoms with Crippen molar-refractivity contribution in [3.8, 4) is 0 Å². The molecule has 0 aliphatic carbocycles. The molecular weight excluding hydrogens is 202 g/mol. The highest BCUT2D eigenvalue weighted by Crippen LogP contribution is 2.28. The molecule has 6 heteroatoms. The quantitative estimate of drug-likeness (QED) is 0.482. The number of sulfonamides is 1. The minimum Gasteiger partial charge on any atom is -0.321 e. The first kappa shape index (κ1) is 9.01. The molecule has 1 aliphatic rings. The Morgan fingerprint density at radius 2 is 2.00 bits per heavy atom. The molecule has 0 unspecified atom stereocenters. The van der Waals surface area contributed by atoms with Gasteiger partial charge in [-0.15, -0.1) is 0 Å². The molecule has 1 aromatic rings. The van der Waals surface area contributed by atoms with Gasteiger partial charge in [-0.3, -0.25) is 4.31 Å². The highest BCUT2D eigenvalue weighted by Gasteiger charge is 2.36. The van der Waals surface area contributed by atoms with E-state index in [1.807, 2.05) is 0 Å². The third-order valence-corrected chi connectivity index (χ3v) is 3.99. The highest BCUT2D eigenvalue weighted by molar-refractivity contribution is 7.90. The first-order chi connectivity index (χ1) is 6.59. The van der Waals surface area contributed by atoms with E-state index in [1.165, 1.54) is 7.05 Å².